The molecule has 4 rings (SSSR count). The topological polar surface area (TPSA) is 94.2 Å². The molecule has 9 nitrogen and oxygen atoms in total. The van der Waals surface area contributed by atoms with Crippen LogP contribution in [0.4, 0.5) is 25.0 Å². The Labute approximate surface area is 208 Å². The van der Waals surface area contributed by atoms with Crippen LogP contribution in [0.2, 0.25) is 0 Å². The van der Waals surface area contributed by atoms with Crippen LogP contribution in [0, 0.1) is 11.6 Å². The van der Waals surface area contributed by atoms with E-state index in [0.717, 1.165) is 61.1 Å². The average molecular weight is 502 g/mol. The van der Waals surface area contributed by atoms with Gasteiger partial charge in [0.15, 0.2) is 11.6 Å². The summed E-state index contributed by atoms with van der Waals surface area (Å²) < 4.78 is 32.3. The maximum Gasteiger partial charge on any atom is 0.324 e. The van der Waals surface area contributed by atoms with E-state index in [0.29, 0.717) is 24.9 Å². The van der Waals surface area contributed by atoms with Crippen LogP contribution >= 0.6 is 0 Å². The Balaban J connectivity index is 1.25. The predicted octanol–water partition coefficient (Wildman–Crippen LogP) is 2.35. The van der Waals surface area contributed by atoms with E-state index >= 15 is 0 Å². The number of para-hydroxylation sites is 2. The van der Waals surface area contributed by atoms with Gasteiger partial charge in [0, 0.05) is 32.7 Å². The second kappa shape index (κ2) is 11.9. The summed E-state index contributed by atoms with van der Waals surface area (Å²) in [4.78, 5) is 41.6. The highest BCUT2D eigenvalue weighted by molar-refractivity contribution is 5.96. The van der Waals surface area contributed by atoms with Crippen molar-refractivity contribution < 1.29 is 27.9 Å². The van der Waals surface area contributed by atoms with E-state index in [4.69, 9.17) is 4.74 Å². The van der Waals surface area contributed by atoms with Gasteiger partial charge in [0.25, 0.3) is 5.91 Å². The molecule has 2 aromatic rings. The number of anilines is 2. The summed E-state index contributed by atoms with van der Waals surface area (Å²) >= 11 is 0. The molecule has 0 aliphatic carbocycles. The van der Waals surface area contributed by atoms with Crippen LogP contribution in [0.1, 0.15) is 18.0 Å². The number of rotatable bonds is 8. The highest BCUT2D eigenvalue weighted by atomic mass is 19.2. The molecule has 2 aliphatic rings. The fraction of sp³-hybridized carbons (Fsp3) is 0.400. The molecule has 0 saturated carbocycles. The maximum atomic E-state index is 13.7. The van der Waals surface area contributed by atoms with Gasteiger partial charge in [0.05, 0.1) is 24.0 Å². The molecule has 4 amide bonds. The molecule has 2 saturated heterocycles. The molecule has 2 aromatic carbocycles. The number of urea groups is 1. The first-order valence-electron chi connectivity index (χ1n) is 11.9. The molecule has 0 bridgehead atoms. The molecule has 2 N–H and O–H groups in total. The van der Waals surface area contributed by atoms with E-state index in [1.54, 1.807) is 0 Å². The molecule has 192 valence electrons. The highest BCUT2D eigenvalue weighted by Gasteiger charge is 2.35. The second-order valence-corrected chi connectivity index (χ2v) is 8.66. The van der Waals surface area contributed by atoms with Crippen LogP contribution in [0.3, 0.4) is 0 Å². The molecular weight excluding hydrogens is 472 g/mol. The number of hydrogen-bond acceptors (Lipinski definition) is 6. The Hall–Kier alpha value is -3.57. The van der Waals surface area contributed by atoms with Crippen molar-refractivity contribution in [2.45, 2.75) is 12.5 Å². The maximum absolute atomic E-state index is 13.7. The normalized spacial score (nSPS) is 18.7. The summed E-state index contributed by atoms with van der Waals surface area (Å²) in [5, 5.41) is 5.51. The first kappa shape index (κ1) is 25.5. The van der Waals surface area contributed by atoms with Crippen LogP contribution in [0.15, 0.2) is 42.5 Å². The largest absolute Gasteiger partial charge is 0.369 e. The molecule has 0 spiro atoms. The number of nitrogens with one attached hydrogen (secondary N) is 2. The minimum atomic E-state index is -1.05. The van der Waals surface area contributed by atoms with Gasteiger partial charge in [-0.2, -0.15) is 0 Å². The van der Waals surface area contributed by atoms with E-state index in [9.17, 15) is 23.2 Å². The molecule has 2 fully saturated rings. The van der Waals surface area contributed by atoms with E-state index in [-0.39, 0.29) is 13.2 Å². The lowest BCUT2D eigenvalue weighted by Crippen LogP contribution is -2.52. The third kappa shape index (κ3) is 5.97. The van der Waals surface area contributed by atoms with Crippen molar-refractivity contribution in [3.63, 3.8) is 0 Å². The molecule has 0 aromatic heterocycles. The lowest BCUT2D eigenvalue weighted by atomic mass is 10.0. The van der Waals surface area contributed by atoms with E-state index in [1.165, 1.54) is 6.07 Å². The summed E-state index contributed by atoms with van der Waals surface area (Å²) in [6.07, 6.45) is 1.36. The number of carbonyl (C=O) groups excluding carboxylic acids is 3. The zero-order chi connectivity index (χ0) is 25.5. The number of morpholine rings is 1. The summed E-state index contributed by atoms with van der Waals surface area (Å²) in [7, 11) is 0. The van der Waals surface area contributed by atoms with Crippen molar-refractivity contribution in [3.8, 4) is 0 Å². The summed E-state index contributed by atoms with van der Waals surface area (Å²) in [6.45, 7) is 4.19. The molecule has 1 atom stereocenters. The molecule has 11 heteroatoms. The average Bonchev–Trinajstić information content (AvgIpc) is 2.89. The SMILES string of the molecule is O=CNc1ccccc1N1CCN(CCCNC(=O)N2C(=O)COCC2c2ccc(F)c(F)c2)CC1. The molecule has 2 heterocycles. The first-order chi connectivity index (χ1) is 17.5. The molecule has 2 aliphatic heterocycles. The van der Waals surface area contributed by atoms with Gasteiger partial charge in [0.1, 0.15) is 6.61 Å². The number of carbonyl (C=O) groups is 3. The molecule has 36 heavy (non-hydrogen) atoms. The van der Waals surface area contributed by atoms with Crippen LogP contribution in [-0.2, 0) is 14.3 Å². The fourth-order valence-electron chi connectivity index (χ4n) is 4.53. The smallest absolute Gasteiger partial charge is 0.324 e. The quantitative estimate of drug-likeness (QED) is 0.426. The molecule has 0 radical (unpaired) electrons. The number of halogens is 2. The Kier molecular flexibility index (Phi) is 8.44. The van der Waals surface area contributed by atoms with Gasteiger partial charge in [-0.25, -0.2) is 13.6 Å². The van der Waals surface area contributed by atoms with Crippen molar-refractivity contribution in [1.29, 1.82) is 0 Å². The van der Waals surface area contributed by atoms with E-state index in [2.05, 4.69) is 20.4 Å². The standard InChI is InChI=1S/C25H29F2N5O4/c26-19-7-6-18(14-20(19)27)23-15-36-16-24(34)32(23)25(35)28-8-3-9-30-10-12-31(13-11-30)22-5-2-1-4-21(22)29-17-33/h1-2,4-7,14,17,23H,3,8-13,15-16H2,(H,28,35)(H,29,33). The Morgan fingerprint density at radius 3 is 2.61 bits per heavy atom. The lowest BCUT2D eigenvalue weighted by molar-refractivity contribution is -0.143. The van der Waals surface area contributed by atoms with Gasteiger partial charge in [-0.15, -0.1) is 0 Å². The zero-order valence-electron chi connectivity index (χ0n) is 19.8. The summed E-state index contributed by atoms with van der Waals surface area (Å²) in [5.74, 6) is -2.58. The number of piperazine rings is 1. The van der Waals surface area contributed by atoms with Crippen molar-refractivity contribution in [1.82, 2.24) is 15.1 Å². The van der Waals surface area contributed by atoms with Crippen LogP contribution in [0.5, 0.6) is 0 Å². The number of nitrogens with zero attached hydrogens (tertiary/aromatic N) is 3. The lowest BCUT2D eigenvalue weighted by Gasteiger charge is -2.37. The highest BCUT2D eigenvalue weighted by Crippen LogP contribution is 2.27. The van der Waals surface area contributed by atoms with E-state index < -0.39 is 29.6 Å². The number of benzene rings is 2. The van der Waals surface area contributed by atoms with Gasteiger partial charge < -0.3 is 20.3 Å². The third-order valence-corrected chi connectivity index (χ3v) is 6.39. The first-order valence-corrected chi connectivity index (χ1v) is 11.9. The monoisotopic (exact) mass is 501 g/mol. The second-order valence-electron chi connectivity index (χ2n) is 8.66. The number of imide groups is 1. The van der Waals surface area contributed by atoms with Gasteiger partial charge in [-0.05, 0) is 42.8 Å². The Morgan fingerprint density at radius 2 is 1.86 bits per heavy atom. The molecular formula is C25H29F2N5O4. The summed E-state index contributed by atoms with van der Waals surface area (Å²) in [5.41, 5.74) is 2.06. The van der Waals surface area contributed by atoms with Crippen molar-refractivity contribution in [3.05, 3.63) is 59.7 Å². The number of amides is 4. The molecule has 1 unspecified atom stereocenters. The minimum Gasteiger partial charge on any atom is -0.369 e. The van der Waals surface area contributed by atoms with Crippen molar-refractivity contribution in [2.24, 2.45) is 0 Å². The third-order valence-electron chi connectivity index (χ3n) is 6.39. The Morgan fingerprint density at radius 1 is 1.08 bits per heavy atom. The fourth-order valence-corrected chi connectivity index (χ4v) is 4.53. The van der Waals surface area contributed by atoms with Crippen molar-refractivity contribution in [2.75, 3.05) is 62.7 Å². The zero-order valence-corrected chi connectivity index (χ0v) is 19.8. The van der Waals surface area contributed by atoms with Crippen LogP contribution in [0.25, 0.3) is 0 Å². The predicted molar refractivity (Wildman–Crippen MR) is 130 cm³/mol. The van der Waals surface area contributed by atoms with Crippen LogP contribution in [-0.4, -0.2) is 80.6 Å². The minimum absolute atomic E-state index is 0.0139. The Bertz CT molecular complexity index is 1090. The number of ether oxygens (including phenoxy) is 1. The number of hydrogen-bond donors (Lipinski definition) is 2. The van der Waals surface area contributed by atoms with Crippen LogP contribution < -0.4 is 15.5 Å². The van der Waals surface area contributed by atoms with E-state index in [1.807, 2.05) is 24.3 Å². The van der Waals surface area contributed by atoms with Gasteiger partial charge in [0.2, 0.25) is 6.41 Å². The van der Waals surface area contributed by atoms with Gasteiger partial charge >= 0.3 is 6.03 Å². The van der Waals surface area contributed by atoms with Gasteiger partial charge in [-0.3, -0.25) is 19.4 Å². The van der Waals surface area contributed by atoms with Crippen molar-refractivity contribution >= 4 is 29.7 Å². The van der Waals surface area contributed by atoms with Gasteiger partial charge in [-0.1, -0.05) is 18.2 Å². The summed E-state index contributed by atoms with van der Waals surface area (Å²) in [6, 6.07) is 9.56.